The van der Waals surface area contributed by atoms with Crippen LogP contribution in [-0.4, -0.2) is 29.1 Å². The van der Waals surface area contributed by atoms with Crippen LogP contribution >= 0.6 is 0 Å². The molecule has 5 heteroatoms. The van der Waals surface area contributed by atoms with E-state index in [9.17, 15) is 9.59 Å². The topological polar surface area (TPSA) is 78.4 Å². The molecule has 0 saturated carbocycles. The van der Waals surface area contributed by atoms with E-state index in [2.05, 4.69) is 17.2 Å². The highest BCUT2D eigenvalue weighted by atomic mass is 16.4. The number of carboxylic acid groups (broad SMARTS) is 1. The van der Waals surface area contributed by atoms with Crippen LogP contribution in [0.2, 0.25) is 0 Å². The Kier molecular flexibility index (Phi) is 8.56. The SMILES string of the molecule is C=CC.CCC(C)(CC1=CCCC(=O)N1)NCC(=O)O. The van der Waals surface area contributed by atoms with Crippen molar-refractivity contribution in [1.29, 1.82) is 0 Å². The van der Waals surface area contributed by atoms with Gasteiger partial charge >= 0.3 is 5.97 Å². The first-order valence-corrected chi connectivity index (χ1v) is 6.89. The molecule has 1 unspecified atom stereocenters. The standard InChI is InChI=1S/C12H20N2O3.C3H6/c1-3-12(2,13-8-11(16)17)7-9-5-4-6-10(15)14-9;1-3-2/h5,13H,3-4,6-8H2,1-2H3,(H,14,15)(H,16,17);3H,1H2,2H3. The van der Waals surface area contributed by atoms with Crippen LogP contribution in [-0.2, 0) is 9.59 Å². The fraction of sp³-hybridized carbons (Fsp3) is 0.600. The van der Waals surface area contributed by atoms with Gasteiger partial charge in [0.1, 0.15) is 0 Å². The average molecular weight is 282 g/mol. The van der Waals surface area contributed by atoms with E-state index in [0.717, 1.165) is 18.5 Å². The summed E-state index contributed by atoms with van der Waals surface area (Å²) in [4.78, 5) is 21.8. The summed E-state index contributed by atoms with van der Waals surface area (Å²) >= 11 is 0. The second-order valence-electron chi connectivity index (χ2n) is 5.06. The minimum Gasteiger partial charge on any atom is -0.480 e. The highest BCUT2D eigenvalue weighted by Crippen LogP contribution is 2.21. The Morgan fingerprint density at radius 2 is 2.25 bits per heavy atom. The lowest BCUT2D eigenvalue weighted by Crippen LogP contribution is -2.46. The normalized spacial score (nSPS) is 16.9. The Morgan fingerprint density at radius 1 is 1.65 bits per heavy atom. The third-order valence-corrected chi connectivity index (χ3v) is 3.09. The third kappa shape index (κ3) is 7.74. The van der Waals surface area contributed by atoms with Gasteiger partial charge in [-0.25, -0.2) is 0 Å². The molecule has 1 aliphatic heterocycles. The summed E-state index contributed by atoms with van der Waals surface area (Å²) < 4.78 is 0. The first kappa shape index (κ1) is 18.4. The van der Waals surface area contributed by atoms with Gasteiger partial charge in [-0.3, -0.25) is 9.59 Å². The van der Waals surface area contributed by atoms with Crippen molar-refractivity contribution in [3.63, 3.8) is 0 Å². The molecule has 1 atom stereocenters. The van der Waals surface area contributed by atoms with E-state index in [-0.39, 0.29) is 18.0 Å². The monoisotopic (exact) mass is 282 g/mol. The number of hydrogen-bond acceptors (Lipinski definition) is 3. The predicted octanol–water partition coefficient (Wildman–Crippen LogP) is 2.21. The number of carboxylic acids is 1. The van der Waals surface area contributed by atoms with E-state index in [1.54, 1.807) is 6.08 Å². The van der Waals surface area contributed by atoms with Crippen molar-refractivity contribution in [2.45, 2.75) is 52.0 Å². The number of rotatable bonds is 6. The number of carbonyl (C=O) groups is 2. The van der Waals surface area contributed by atoms with Gasteiger partial charge in [-0.2, -0.15) is 0 Å². The maximum atomic E-state index is 11.2. The van der Waals surface area contributed by atoms with E-state index in [1.165, 1.54) is 0 Å². The van der Waals surface area contributed by atoms with E-state index < -0.39 is 5.97 Å². The van der Waals surface area contributed by atoms with Crippen molar-refractivity contribution in [2.24, 2.45) is 0 Å². The van der Waals surface area contributed by atoms with Gasteiger partial charge in [0.15, 0.2) is 0 Å². The van der Waals surface area contributed by atoms with E-state index in [1.807, 2.05) is 26.8 Å². The lowest BCUT2D eigenvalue weighted by molar-refractivity contribution is -0.136. The van der Waals surface area contributed by atoms with Crippen LogP contribution in [0.15, 0.2) is 24.4 Å². The van der Waals surface area contributed by atoms with Crippen molar-refractivity contribution in [3.8, 4) is 0 Å². The summed E-state index contributed by atoms with van der Waals surface area (Å²) in [5.41, 5.74) is 0.595. The van der Waals surface area contributed by atoms with Crippen LogP contribution in [0.3, 0.4) is 0 Å². The molecule has 3 N–H and O–H groups in total. The van der Waals surface area contributed by atoms with Gasteiger partial charge in [-0.1, -0.05) is 19.1 Å². The van der Waals surface area contributed by atoms with Gasteiger partial charge in [0.05, 0.1) is 6.54 Å². The number of carbonyl (C=O) groups excluding carboxylic acids is 1. The van der Waals surface area contributed by atoms with Gasteiger partial charge < -0.3 is 15.7 Å². The zero-order valence-electron chi connectivity index (χ0n) is 12.7. The molecule has 20 heavy (non-hydrogen) atoms. The molecule has 0 saturated heterocycles. The van der Waals surface area contributed by atoms with Crippen LogP contribution < -0.4 is 10.6 Å². The molecular weight excluding hydrogens is 256 g/mol. The number of allylic oxidation sites excluding steroid dienone is 2. The summed E-state index contributed by atoms with van der Waals surface area (Å²) in [5, 5.41) is 14.5. The minimum atomic E-state index is -0.869. The molecule has 5 nitrogen and oxygen atoms in total. The second kappa shape index (κ2) is 9.31. The summed E-state index contributed by atoms with van der Waals surface area (Å²) in [6.45, 7) is 9.16. The van der Waals surface area contributed by atoms with Crippen molar-refractivity contribution in [1.82, 2.24) is 10.6 Å². The molecule has 1 aliphatic rings. The number of amides is 1. The van der Waals surface area contributed by atoms with E-state index >= 15 is 0 Å². The third-order valence-electron chi connectivity index (χ3n) is 3.09. The van der Waals surface area contributed by atoms with E-state index in [4.69, 9.17) is 5.11 Å². The summed E-state index contributed by atoms with van der Waals surface area (Å²) in [6, 6.07) is 0. The first-order chi connectivity index (χ1) is 9.36. The highest BCUT2D eigenvalue weighted by Gasteiger charge is 2.25. The first-order valence-electron chi connectivity index (χ1n) is 6.89. The maximum Gasteiger partial charge on any atom is 0.317 e. The fourth-order valence-corrected chi connectivity index (χ4v) is 1.81. The second-order valence-corrected chi connectivity index (χ2v) is 5.06. The predicted molar refractivity (Wildman–Crippen MR) is 80.3 cm³/mol. The largest absolute Gasteiger partial charge is 0.480 e. The van der Waals surface area contributed by atoms with Crippen LogP contribution in [0.25, 0.3) is 0 Å². The Bertz CT molecular complexity index is 377. The van der Waals surface area contributed by atoms with Gasteiger partial charge in [-0.15, -0.1) is 6.58 Å². The molecule has 0 spiro atoms. The zero-order chi connectivity index (χ0) is 15.6. The Morgan fingerprint density at radius 3 is 2.70 bits per heavy atom. The molecule has 0 fully saturated rings. The zero-order valence-corrected chi connectivity index (χ0v) is 12.7. The lowest BCUT2D eigenvalue weighted by Gasteiger charge is -2.31. The van der Waals surface area contributed by atoms with Crippen molar-refractivity contribution in [3.05, 3.63) is 24.4 Å². The minimum absolute atomic E-state index is 0.0409. The van der Waals surface area contributed by atoms with Crippen LogP contribution in [0.5, 0.6) is 0 Å². The van der Waals surface area contributed by atoms with Crippen LogP contribution in [0, 0.1) is 0 Å². The van der Waals surface area contributed by atoms with Gasteiger partial charge in [-0.05, 0) is 26.7 Å². The molecule has 1 heterocycles. The molecule has 1 amide bonds. The summed E-state index contributed by atoms with van der Waals surface area (Å²) in [6.07, 6.45) is 6.50. The average Bonchev–Trinajstić information content (AvgIpc) is 2.37. The lowest BCUT2D eigenvalue weighted by atomic mass is 9.91. The van der Waals surface area contributed by atoms with Crippen LogP contribution in [0.4, 0.5) is 0 Å². The number of nitrogens with one attached hydrogen (secondary N) is 2. The van der Waals surface area contributed by atoms with Crippen molar-refractivity contribution < 1.29 is 14.7 Å². The van der Waals surface area contributed by atoms with Gasteiger partial charge in [0.2, 0.25) is 5.91 Å². The van der Waals surface area contributed by atoms with Crippen LogP contribution in [0.1, 0.15) is 46.5 Å². The molecule has 0 radical (unpaired) electrons. The molecule has 0 aromatic heterocycles. The molecule has 1 rings (SSSR count). The molecule has 0 bridgehead atoms. The van der Waals surface area contributed by atoms with Gasteiger partial charge in [0.25, 0.3) is 0 Å². The number of aliphatic carboxylic acids is 1. The quantitative estimate of drug-likeness (QED) is 0.653. The molecule has 0 aliphatic carbocycles. The summed E-state index contributed by atoms with van der Waals surface area (Å²) in [5.74, 6) is -0.828. The van der Waals surface area contributed by atoms with Crippen molar-refractivity contribution >= 4 is 11.9 Å². The van der Waals surface area contributed by atoms with E-state index in [0.29, 0.717) is 12.8 Å². The molecule has 0 aromatic carbocycles. The Hall–Kier alpha value is -1.62. The van der Waals surface area contributed by atoms with Gasteiger partial charge in [0, 0.05) is 24.1 Å². The van der Waals surface area contributed by atoms with Crippen molar-refractivity contribution in [2.75, 3.05) is 6.54 Å². The highest BCUT2D eigenvalue weighted by molar-refractivity contribution is 5.79. The molecule has 114 valence electrons. The molecule has 0 aromatic rings. The fourth-order valence-electron chi connectivity index (χ4n) is 1.81. The maximum absolute atomic E-state index is 11.2. The smallest absolute Gasteiger partial charge is 0.317 e. The number of hydrogen-bond donors (Lipinski definition) is 3. The Labute approximate surface area is 121 Å². The summed E-state index contributed by atoms with van der Waals surface area (Å²) in [7, 11) is 0. The molecular formula is C15H26N2O3. The Balaban J connectivity index is 0.00000110.